The van der Waals surface area contributed by atoms with Crippen LogP contribution in [0.4, 0.5) is 0 Å². The van der Waals surface area contributed by atoms with Crippen LogP contribution in [-0.2, 0) is 10.3 Å². The van der Waals surface area contributed by atoms with Crippen LogP contribution in [0.15, 0.2) is 30.5 Å². The Hall–Kier alpha value is -2.10. The normalized spacial score (nSPS) is 11.8. The number of hydrogen-bond donors (Lipinski definition) is 0. The minimum Gasteiger partial charge on any atom is -0.347 e. The fourth-order valence-electron chi connectivity index (χ4n) is 2.87. The summed E-state index contributed by atoms with van der Waals surface area (Å²) >= 11 is 0. The summed E-state index contributed by atoms with van der Waals surface area (Å²) in [5.41, 5.74) is 3.75. The van der Waals surface area contributed by atoms with E-state index in [2.05, 4.69) is 32.0 Å². The Bertz CT molecular complexity index is 711. The zero-order chi connectivity index (χ0) is 17.4. The quantitative estimate of drug-likeness (QED) is 0.861. The molecule has 4 nitrogen and oxygen atoms in total. The van der Waals surface area contributed by atoms with Crippen LogP contribution in [0.25, 0.3) is 11.3 Å². The molecule has 0 unspecified atom stereocenters. The molecule has 0 spiro atoms. The number of aryl methyl sites for hydroxylation is 1. The molecule has 0 saturated heterocycles. The Morgan fingerprint density at radius 3 is 2.39 bits per heavy atom. The summed E-state index contributed by atoms with van der Waals surface area (Å²) in [4.78, 5) is 14.1. The van der Waals surface area contributed by atoms with E-state index in [0.717, 1.165) is 16.8 Å². The van der Waals surface area contributed by atoms with Gasteiger partial charge < -0.3 is 4.90 Å². The van der Waals surface area contributed by atoms with Crippen molar-refractivity contribution in [2.75, 3.05) is 14.1 Å². The first-order valence-corrected chi connectivity index (χ1v) is 8.04. The van der Waals surface area contributed by atoms with Crippen molar-refractivity contribution in [3.63, 3.8) is 0 Å². The zero-order valence-corrected chi connectivity index (χ0v) is 15.2. The van der Waals surface area contributed by atoms with Gasteiger partial charge in [-0.1, -0.05) is 38.1 Å². The molecule has 0 saturated carbocycles. The molecule has 0 radical (unpaired) electrons. The van der Waals surface area contributed by atoms with Gasteiger partial charge in [0.05, 0.1) is 5.69 Å². The standard InChI is InChI=1S/C19H27N3O/c1-13(2)15-10-8-9-11-16(15)17-14(3)12-22(20-17)19(4,5)18(23)21(6)7/h8-13H,1-7H3. The molecule has 1 amide bonds. The van der Waals surface area contributed by atoms with E-state index < -0.39 is 5.54 Å². The first kappa shape index (κ1) is 17.3. The van der Waals surface area contributed by atoms with E-state index >= 15 is 0 Å². The lowest BCUT2D eigenvalue weighted by molar-refractivity contribution is -0.137. The highest BCUT2D eigenvalue weighted by molar-refractivity contribution is 5.83. The van der Waals surface area contributed by atoms with Gasteiger partial charge >= 0.3 is 0 Å². The zero-order valence-electron chi connectivity index (χ0n) is 15.2. The lowest BCUT2D eigenvalue weighted by atomic mass is 9.94. The molecule has 0 bridgehead atoms. The Morgan fingerprint density at radius 1 is 1.22 bits per heavy atom. The number of carbonyl (C=O) groups excluding carboxylic acids is 1. The van der Waals surface area contributed by atoms with Crippen LogP contribution in [-0.4, -0.2) is 34.7 Å². The van der Waals surface area contributed by atoms with E-state index in [1.54, 1.807) is 23.7 Å². The van der Waals surface area contributed by atoms with Crippen LogP contribution >= 0.6 is 0 Å². The lowest BCUT2D eigenvalue weighted by Crippen LogP contribution is -2.44. The van der Waals surface area contributed by atoms with Crippen LogP contribution in [0.5, 0.6) is 0 Å². The molecule has 0 aliphatic rings. The maximum absolute atomic E-state index is 12.5. The van der Waals surface area contributed by atoms with Crippen LogP contribution in [0, 0.1) is 6.92 Å². The number of amides is 1. The van der Waals surface area contributed by atoms with E-state index in [9.17, 15) is 4.79 Å². The molecule has 0 aliphatic carbocycles. The third kappa shape index (κ3) is 3.16. The van der Waals surface area contributed by atoms with Crippen molar-refractivity contribution in [3.05, 3.63) is 41.6 Å². The van der Waals surface area contributed by atoms with Gasteiger partial charge in [-0.25, -0.2) is 0 Å². The highest BCUT2D eigenvalue weighted by atomic mass is 16.2. The van der Waals surface area contributed by atoms with Crippen molar-refractivity contribution in [1.29, 1.82) is 0 Å². The fraction of sp³-hybridized carbons (Fsp3) is 0.474. The van der Waals surface area contributed by atoms with Crippen molar-refractivity contribution in [1.82, 2.24) is 14.7 Å². The topological polar surface area (TPSA) is 38.1 Å². The summed E-state index contributed by atoms with van der Waals surface area (Å²) in [5.74, 6) is 0.455. The largest absolute Gasteiger partial charge is 0.347 e. The summed E-state index contributed by atoms with van der Waals surface area (Å²) in [6, 6.07) is 8.35. The van der Waals surface area contributed by atoms with E-state index in [-0.39, 0.29) is 5.91 Å². The Morgan fingerprint density at radius 2 is 1.83 bits per heavy atom. The van der Waals surface area contributed by atoms with Crippen LogP contribution in [0.3, 0.4) is 0 Å². The summed E-state index contributed by atoms with van der Waals surface area (Å²) in [7, 11) is 3.55. The van der Waals surface area contributed by atoms with Gasteiger partial charge in [-0.05, 0) is 37.8 Å². The van der Waals surface area contributed by atoms with Gasteiger partial charge in [0.15, 0.2) is 0 Å². The molecule has 4 heteroatoms. The predicted molar refractivity (Wildman–Crippen MR) is 94.5 cm³/mol. The summed E-state index contributed by atoms with van der Waals surface area (Å²) in [6.07, 6.45) is 1.97. The van der Waals surface area contributed by atoms with Gasteiger partial charge in [0, 0.05) is 25.9 Å². The van der Waals surface area contributed by atoms with Crippen LogP contribution in [0.1, 0.15) is 44.7 Å². The molecule has 1 aromatic carbocycles. The third-order valence-corrected chi connectivity index (χ3v) is 4.24. The predicted octanol–water partition coefficient (Wildman–Crippen LogP) is 3.81. The minimum absolute atomic E-state index is 0.0312. The summed E-state index contributed by atoms with van der Waals surface area (Å²) in [6.45, 7) is 10.2. The summed E-state index contributed by atoms with van der Waals surface area (Å²) < 4.78 is 1.79. The molecule has 0 atom stereocenters. The van der Waals surface area contributed by atoms with E-state index in [1.807, 2.05) is 33.0 Å². The number of hydrogen-bond acceptors (Lipinski definition) is 2. The average molecular weight is 313 g/mol. The third-order valence-electron chi connectivity index (χ3n) is 4.24. The Labute approximate surface area is 139 Å². The molecule has 1 heterocycles. The van der Waals surface area contributed by atoms with Crippen LogP contribution in [0.2, 0.25) is 0 Å². The number of aromatic nitrogens is 2. The number of nitrogens with zero attached hydrogens (tertiary/aromatic N) is 3. The van der Waals surface area contributed by atoms with Crippen molar-refractivity contribution in [3.8, 4) is 11.3 Å². The summed E-state index contributed by atoms with van der Waals surface area (Å²) in [5, 5.41) is 4.77. The maximum atomic E-state index is 12.5. The van der Waals surface area contributed by atoms with E-state index in [4.69, 9.17) is 5.10 Å². The molecular formula is C19H27N3O. The molecule has 23 heavy (non-hydrogen) atoms. The Balaban J connectivity index is 2.54. The Kier molecular flexibility index (Phi) is 4.64. The number of benzene rings is 1. The first-order valence-electron chi connectivity index (χ1n) is 8.04. The SMILES string of the molecule is Cc1cn(C(C)(C)C(=O)N(C)C)nc1-c1ccccc1C(C)C. The number of carbonyl (C=O) groups is 1. The molecule has 0 N–H and O–H groups in total. The molecule has 0 aliphatic heterocycles. The van der Waals surface area contributed by atoms with Crippen molar-refractivity contribution >= 4 is 5.91 Å². The molecule has 124 valence electrons. The molecule has 1 aromatic heterocycles. The molecule has 2 aromatic rings. The average Bonchev–Trinajstić information content (AvgIpc) is 2.88. The highest BCUT2D eigenvalue weighted by Gasteiger charge is 2.33. The second kappa shape index (κ2) is 6.19. The van der Waals surface area contributed by atoms with E-state index in [1.165, 1.54) is 5.56 Å². The van der Waals surface area contributed by atoms with Crippen LogP contribution < -0.4 is 0 Å². The van der Waals surface area contributed by atoms with E-state index in [0.29, 0.717) is 5.92 Å². The number of likely N-dealkylation sites (N-methyl/N-ethyl adjacent to an activating group) is 1. The van der Waals surface area contributed by atoms with Gasteiger partial charge in [0.25, 0.3) is 0 Å². The monoisotopic (exact) mass is 313 g/mol. The van der Waals surface area contributed by atoms with Crippen molar-refractivity contribution in [2.24, 2.45) is 0 Å². The van der Waals surface area contributed by atoms with Gasteiger partial charge in [0.1, 0.15) is 5.54 Å². The fourth-order valence-corrected chi connectivity index (χ4v) is 2.87. The second-order valence-electron chi connectivity index (χ2n) is 7.11. The van der Waals surface area contributed by atoms with Gasteiger partial charge in [-0.15, -0.1) is 0 Å². The highest BCUT2D eigenvalue weighted by Crippen LogP contribution is 2.31. The van der Waals surface area contributed by atoms with Crippen molar-refractivity contribution < 1.29 is 4.79 Å². The van der Waals surface area contributed by atoms with Gasteiger partial charge in [-0.3, -0.25) is 9.48 Å². The van der Waals surface area contributed by atoms with Gasteiger partial charge in [0.2, 0.25) is 5.91 Å². The molecule has 0 fully saturated rings. The smallest absolute Gasteiger partial charge is 0.249 e. The minimum atomic E-state index is -0.709. The second-order valence-corrected chi connectivity index (χ2v) is 7.11. The van der Waals surface area contributed by atoms with Crippen molar-refractivity contribution in [2.45, 2.75) is 46.1 Å². The first-order chi connectivity index (χ1) is 10.7. The maximum Gasteiger partial charge on any atom is 0.249 e. The molecule has 2 rings (SSSR count). The lowest BCUT2D eigenvalue weighted by Gasteiger charge is -2.27. The molecular weight excluding hydrogens is 286 g/mol. The number of rotatable bonds is 4. The van der Waals surface area contributed by atoms with Gasteiger partial charge in [-0.2, -0.15) is 5.10 Å².